The van der Waals surface area contributed by atoms with Crippen LogP contribution in [-0.4, -0.2) is 60.8 Å². The lowest BCUT2D eigenvalue weighted by atomic mass is 9.99. The summed E-state index contributed by atoms with van der Waals surface area (Å²) in [6.07, 6.45) is 2.71. The van der Waals surface area contributed by atoms with Crippen molar-refractivity contribution in [2.75, 3.05) is 32.8 Å². The van der Waals surface area contributed by atoms with Crippen molar-refractivity contribution in [1.29, 1.82) is 0 Å². The molecule has 134 valence electrons. The van der Waals surface area contributed by atoms with Gasteiger partial charge in [-0.05, 0) is 26.2 Å². The van der Waals surface area contributed by atoms with E-state index in [4.69, 9.17) is 4.74 Å². The fraction of sp³-hybridized carbons (Fsp3) is 0.733. The summed E-state index contributed by atoms with van der Waals surface area (Å²) in [6.45, 7) is 4.52. The summed E-state index contributed by atoms with van der Waals surface area (Å²) in [6, 6.07) is 0. The fourth-order valence-corrected chi connectivity index (χ4v) is 5.68. The Bertz CT molecular complexity index is 677. The molecule has 0 amide bonds. The van der Waals surface area contributed by atoms with Gasteiger partial charge in [0.1, 0.15) is 0 Å². The average Bonchev–Trinajstić information content (AvgIpc) is 2.94. The molecule has 1 aromatic rings. The first-order valence-corrected chi connectivity index (χ1v) is 10.6. The second-order valence-corrected chi connectivity index (χ2v) is 8.91. The standard InChI is InChI=1S/C15H23N3O4S2/c1-2-22-14(19)10-13-11-23-15(16-13)12-4-8-18(9-5-12)24(20,21)17-6-3-7-17/h11-12H,2-10H2,1H3. The van der Waals surface area contributed by atoms with Gasteiger partial charge in [0.05, 0.1) is 23.7 Å². The van der Waals surface area contributed by atoms with Gasteiger partial charge in [-0.2, -0.15) is 17.0 Å². The zero-order chi connectivity index (χ0) is 17.2. The molecule has 3 heterocycles. The lowest BCUT2D eigenvalue weighted by molar-refractivity contribution is -0.142. The number of thiazole rings is 1. The molecule has 0 unspecified atom stereocenters. The highest BCUT2D eigenvalue weighted by Gasteiger charge is 2.36. The Hall–Kier alpha value is -1.03. The number of hydrogen-bond acceptors (Lipinski definition) is 6. The average molecular weight is 374 g/mol. The van der Waals surface area contributed by atoms with Crippen LogP contribution in [0.4, 0.5) is 0 Å². The van der Waals surface area contributed by atoms with E-state index in [9.17, 15) is 13.2 Å². The number of esters is 1. The highest BCUT2D eigenvalue weighted by Crippen LogP contribution is 2.32. The van der Waals surface area contributed by atoms with Crippen molar-refractivity contribution in [1.82, 2.24) is 13.6 Å². The van der Waals surface area contributed by atoms with E-state index in [2.05, 4.69) is 4.98 Å². The Kier molecular flexibility index (Phi) is 5.53. The molecule has 0 aliphatic carbocycles. The van der Waals surface area contributed by atoms with Gasteiger partial charge in [0.2, 0.25) is 0 Å². The zero-order valence-electron chi connectivity index (χ0n) is 13.8. The molecule has 2 aliphatic heterocycles. The molecular weight excluding hydrogens is 350 g/mol. The van der Waals surface area contributed by atoms with E-state index in [1.165, 1.54) is 0 Å². The molecule has 3 rings (SSSR count). The van der Waals surface area contributed by atoms with Gasteiger partial charge in [0.25, 0.3) is 10.2 Å². The Labute approximate surface area is 146 Å². The molecule has 0 spiro atoms. The maximum atomic E-state index is 12.4. The third-order valence-electron chi connectivity index (χ3n) is 4.47. The quantitative estimate of drug-likeness (QED) is 0.704. The molecule has 2 saturated heterocycles. The van der Waals surface area contributed by atoms with E-state index in [1.807, 2.05) is 5.38 Å². The van der Waals surface area contributed by atoms with Gasteiger partial charge in [-0.15, -0.1) is 11.3 Å². The molecule has 9 heteroatoms. The monoisotopic (exact) mass is 373 g/mol. The van der Waals surface area contributed by atoms with E-state index in [0.717, 1.165) is 30.0 Å². The number of carbonyl (C=O) groups is 1. The third-order valence-corrected chi connectivity index (χ3v) is 7.56. The topological polar surface area (TPSA) is 79.8 Å². The summed E-state index contributed by atoms with van der Waals surface area (Å²) in [5.41, 5.74) is 0.740. The van der Waals surface area contributed by atoms with Crippen LogP contribution in [-0.2, 0) is 26.2 Å². The summed E-state index contributed by atoms with van der Waals surface area (Å²) < 4.78 is 32.9. The Morgan fingerprint density at radius 1 is 1.29 bits per heavy atom. The first-order chi connectivity index (χ1) is 11.5. The Balaban J connectivity index is 1.55. The molecule has 2 aliphatic rings. The molecule has 0 atom stereocenters. The molecule has 7 nitrogen and oxygen atoms in total. The first-order valence-electron chi connectivity index (χ1n) is 8.36. The fourth-order valence-electron chi connectivity index (χ4n) is 2.97. The molecule has 2 fully saturated rings. The van der Waals surface area contributed by atoms with Crippen molar-refractivity contribution in [3.8, 4) is 0 Å². The van der Waals surface area contributed by atoms with Crippen molar-refractivity contribution in [2.24, 2.45) is 0 Å². The van der Waals surface area contributed by atoms with Crippen molar-refractivity contribution >= 4 is 27.5 Å². The number of rotatable bonds is 6. The van der Waals surface area contributed by atoms with Crippen LogP contribution >= 0.6 is 11.3 Å². The van der Waals surface area contributed by atoms with Gasteiger partial charge < -0.3 is 4.74 Å². The van der Waals surface area contributed by atoms with Crippen molar-refractivity contribution in [3.05, 3.63) is 16.1 Å². The van der Waals surface area contributed by atoms with Crippen LogP contribution in [0.2, 0.25) is 0 Å². The molecule has 0 saturated carbocycles. The molecule has 0 N–H and O–H groups in total. The van der Waals surface area contributed by atoms with E-state index in [1.54, 1.807) is 26.9 Å². The van der Waals surface area contributed by atoms with Crippen LogP contribution in [0.3, 0.4) is 0 Å². The molecule has 0 bridgehead atoms. The Morgan fingerprint density at radius 3 is 2.54 bits per heavy atom. The molecule has 0 aromatic carbocycles. The third kappa shape index (κ3) is 3.79. The normalized spacial score (nSPS) is 20.7. The highest BCUT2D eigenvalue weighted by molar-refractivity contribution is 7.86. The lowest BCUT2D eigenvalue weighted by Gasteiger charge is -2.37. The molecular formula is C15H23N3O4S2. The number of aromatic nitrogens is 1. The van der Waals surface area contributed by atoms with E-state index in [0.29, 0.717) is 32.8 Å². The van der Waals surface area contributed by atoms with Crippen LogP contribution < -0.4 is 0 Å². The predicted octanol–water partition coefficient (Wildman–Crippen LogP) is 1.38. The van der Waals surface area contributed by atoms with Crippen LogP contribution in [0.5, 0.6) is 0 Å². The van der Waals surface area contributed by atoms with Crippen molar-refractivity contribution < 1.29 is 17.9 Å². The van der Waals surface area contributed by atoms with Crippen LogP contribution in [0.15, 0.2) is 5.38 Å². The Morgan fingerprint density at radius 2 is 1.96 bits per heavy atom. The minimum Gasteiger partial charge on any atom is -0.466 e. The number of hydrogen-bond donors (Lipinski definition) is 0. The van der Waals surface area contributed by atoms with Gasteiger partial charge in [0.15, 0.2) is 0 Å². The summed E-state index contributed by atoms with van der Waals surface area (Å²) in [4.78, 5) is 16.1. The predicted molar refractivity (Wildman–Crippen MR) is 91.1 cm³/mol. The highest BCUT2D eigenvalue weighted by atomic mass is 32.2. The first kappa shape index (κ1) is 17.8. The van der Waals surface area contributed by atoms with E-state index >= 15 is 0 Å². The minimum absolute atomic E-state index is 0.201. The van der Waals surface area contributed by atoms with Gasteiger partial charge in [-0.1, -0.05) is 0 Å². The summed E-state index contributed by atoms with van der Waals surface area (Å²) in [5, 5.41) is 2.89. The maximum Gasteiger partial charge on any atom is 0.311 e. The smallest absolute Gasteiger partial charge is 0.311 e. The number of ether oxygens (including phenoxy) is 1. The minimum atomic E-state index is -3.26. The second kappa shape index (κ2) is 7.47. The van der Waals surface area contributed by atoms with Crippen LogP contribution in [0.1, 0.15) is 42.8 Å². The van der Waals surface area contributed by atoms with E-state index in [-0.39, 0.29) is 18.3 Å². The SMILES string of the molecule is CCOC(=O)Cc1csc(C2CCN(S(=O)(=O)N3CCC3)CC2)n1. The van der Waals surface area contributed by atoms with Gasteiger partial charge in [-0.3, -0.25) is 4.79 Å². The molecule has 0 radical (unpaired) electrons. The summed E-state index contributed by atoms with van der Waals surface area (Å²) in [7, 11) is -3.26. The maximum absolute atomic E-state index is 12.4. The van der Waals surface area contributed by atoms with Crippen LogP contribution in [0, 0.1) is 0 Å². The number of piperidine rings is 1. The van der Waals surface area contributed by atoms with Gasteiger partial charge >= 0.3 is 5.97 Å². The zero-order valence-corrected chi connectivity index (χ0v) is 15.4. The van der Waals surface area contributed by atoms with Crippen molar-refractivity contribution in [2.45, 2.75) is 38.5 Å². The largest absolute Gasteiger partial charge is 0.466 e. The van der Waals surface area contributed by atoms with Crippen molar-refractivity contribution in [3.63, 3.8) is 0 Å². The molecule has 1 aromatic heterocycles. The second-order valence-electron chi connectivity index (χ2n) is 6.09. The van der Waals surface area contributed by atoms with Crippen LogP contribution in [0.25, 0.3) is 0 Å². The van der Waals surface area contributed by atoms with Gasteiger partial charge in [0, 0.05) is 37.5 Å². The lowest BCUT2D eigenvalue weighted by Crippen LogP contribution is -2.51. The van der Waals surface area contributed by atoms with Gasteiger partial charge in [-0.25, -0.2) is 4.98 Å². The van der Waals surface area contributed by atoms with E-state index < -0.39 is 10.2 Å². The number of nitrogens with zero attached hydrogens (tertiary/aromatic N) is 3. The molecule has 24 heavy (non-hydrogen) atoms. The summed E-state index contributed by atoms with van der Waals surface area (Å²) >= 11 is 1.55. The summed E-state index contributed by atoms with van der Waals surface area (Å²) in [5.74, 6) is 0.0126. The number of carbonyl (C=O) groups excluding carboxylic acids is 1.